The Bertz CT molecular complexity index is 486. The molecular formula is C13H14F3NO3. The summed E-state index contributed by atoms with van der Waals surface area (Å²) in [6.45, 7) is 1.96. The molecule has 0 aliphatic heterocycles. The highest BCUT2D eigenvalue weighted by atomic mass is 19.4. The smallest absolute Gasteiger partial charge is 0.466 e. The third-order valence-corrected chi connectivity index (χ3v) is 2.37. The average molecular weight is 289 g/mol. The molecule has 0 heterocycles. The topological polar surface area (TPSA) is 55.4 Å². The van der Waals surface area contributed by atoms with Crippen molar-refractivity contribution in [3.8, 4) is 0 Å². The van der Waals surface area contributed by atoms with E-state index in [1.165, 1.54) is 18.2 Å². The van der Waals surface area contributed by atoms with Crippen molar-refractivity contribution in [3.63, 3.8) is 0 Å². The summed E-state index contributed by atoms with van der Waals surface area (Å²) in [5.41, 5.74) is 0.673. The molecule has 0 aliphatic carbocycles. The van der Waals surface area contributed by atoms with Gasteiger partial charge in [-0.1, -0.05) is 12.1 Å². The molecule has 0 fully saturated rings. The highest BCUT2D eigenvalue weighted by Crippen LogP contribution is 2.19. The minimum Gasteiger partial charge on any atom is -0.466 e. The molecule has 0 saturated heterocycles. The first kappa shape index (κ1) is 16.0. The molecule has 0 bridgehead atoms. The Balaban J connectivity index is 2.62. The van der Waals surface area contributed by atoms with E-state index in [0.717, 1.165) is 0 Å². The Labute approximate surface area is 113 Å². The lowest BCUT2D eigenvalue weighted by atomic mass is 10.1. The average Bonchev–Trinajstić information content (AvgIpc) is 2.36. The molecule has 7 heteroatoms. The summed E-state index contributed by atoms with van der Waals surface area (Å²) in [6, 6.07) is 5.90. The third kappa shape index (κ3) is 5.29. The predicted molar refractivity (Wildman–Crippen MR) is 66.1 cm³/mol. The van der Waals surface area contributed by atoms with Gasteiger partial charge in [0.1, 0.15) is 0 Å². The fourth-order valence-electron chi connectivity index (χ4n) is 1.49. The van der Waals surface area contributed by atoms with Crippen molar-refractivity contribution >= 4 is 17.6 Å². The van der Waals surface area contributed by atoms with Crippen LogP contribution in [-0.2, 0) is 20.7 Å². The van der Waals surface area contributed by atoms with Crippen LogP contribution in [0.5, 0.6) is 0 Å². The van der Waals surface area contributed by atoms with Gasteiger partial charge in [0, 0.05) is 12.1 Å². The molecule has 0 saturated carbocycles. The molecule has 0 spiro atoms. The monoisotopic (exact) mass is 289 g/mol. The molecule has 0 unspecified atom stereocenters. The van der Waals surface area contributed by atoms with E-state index in [-0.39, 0.29) is 24.7 Å². The van der Waals surface area contributed by atoms with Crippen LogP contribution in [0.25, 0.3) is 0 Å². The molecule has 0 aromatic heterocycles. The van der Waals surface area contributed by atoms with Gasteiger partial charge < -0.3 is 10.1 Å². The number of carbonyl (C=O) groups is 2. The number of hydrogen-bond acceptors (Lipinski definition) is 3. The van der Waals surface area contributed by atoms with Crippen molar-refractivity contribution in [2.24, 2.45) is 0 Å². The van der Waals surface area contributed by atoms with Crippen LogP contribution < -0.4 is 5.32 Å². The van der Waals surface area contributed by atoms with Crippen LogP contribution in [0.15, 0.2) is 24.3 Å². The highest BCUT2D eigenvalue weighted by Gasteiger charge is 2.38. The number of benzene rings is 1. The molecule has 1 aromatic carbocycles. The van der Waals surface area contributed by atoms with Crippen LogP contribution in [0, 0.1) is 0 Å². The number of nitrogens with one attached hydrogen (secondary N) is 1. The minimum absolute atomic E-state index is 0.0358. The largest absolute Gasteiger partial charge is 0.471 e. The minimum atomic E-state index is -4.93. The number of hydrogen-bond donors (Lipinski definition) is 1. The second kappa shape index (κ2) is 6.93. The van der Waals surface area contributed by atoms with Gasteiger partial charge in [0.05, 0.1) is 6.61 Å². The summed E-state index contributed by atoms with van der Waals surface area (Å²) < 4.78 is 41.0. The van der Waals surface area contributed by atoms with Crippen LogP contribution in [0.1, 0.15) is 18.9 Å². The molecule has 1 rings (SSSR count). The van der Waals surface area contributed by atoms with Crippen LogP contribution in [0.3, 0.4) is 0 Å². The van der Waals surface area contributed by atoms with E-state index in [9.17, 15) is 22.8 Å². The van der Waals surface area contributed by atoms with Gasteiger partial charge in [0.15, 0.2) is 0 Å². The van der Waals surface area contributed by atoms with E-state index in [4.69, 9.17) is 4.74 Å². The van der Waals surface area contributed by atoms with E-state index in [1.807, 2.05) is 0 Å². The first-order valence-corrected chi connectivity index (χ1v) is 5.95. The molecule has 20 heavy (non-hydrogen) atoms. The number of carbonyl (C=O) groups excluding carboxylic acids is 2. The van der Waals surface area contributed by atoms with Gasteiger partial charge in [-0.15, -0.1) is 0 Å². The molecule has 1 aromatic rings. The van der Waals surface area contributed by atoms with Gasteiger partial charge in [-0.3, -0.25) is 9.59 Å². The first-order chi connectivity index (χ1) is 9.32. The van der Waals surface area contributed by atoms with Gasteiger partial charge in [-0.05, 0) is 31.0 Å². The fourth-order valence-corrected chi connectivity index (χ4v) is 1.49. The summed E-state index contributed by atoms with van der Waals surface area (Å²) >= 11 is 0. The molecule has 0 aliphatic rings. The lowest BCUT2D eigenvalue weighted by molar-refractivity contribution is -0.167. The van der Waals surface area contributed by atoms with Crippen LogP contribution in [0.4, 0.5) is 18.9 Å². The SMILES string of the molecule is CCOC(=O)CCc1cccc(NC(=O)C(F)(F)F)c1. The predicted octanol–water partition coefficient (Wildman–Crippen LogP) is 2.68. The van der Waals surface area contributed by atoms with Crippen LogP contribution >= 0.6 is 0 Å². The summed E-state index contributed by atoms with van der Waals surface area (Å²) in [5, 5.41) is 1.75. The first-order valence-electron chi connectivity index (χ1n) is 5.95. The number of esters is 1. The fraction of sp³-hybridized carbons (Fsp3) is 0.385. The van der Waals surface area contributed by atoms with E-state index < -0.39 is 12.1 Å². The lowest BCUT2D eigenvalue weighted by Crippen LogP contribution is -2.29. The second-order valence-electron chi connectivity index (χ2n) is 3.96. The third-order valence-electron chi connectivity index (χ3n) is 2.37. The Morgan fingerprint density at radius 2 is 2.00 bits per heavy atom. The highest BCUT2D eigenvalue weighted by molar-refractivity contribution is 5.94. The Morgan fingerprint density at radius 3 is 2.60 bits per heavy atom. The summed E-state index contributed by atoms with van der Waals surface area (Å²) in [7, 11) is 0. The Hall–Kier alpha value is -2.05. The van der Waals surface area contributed by atoms with Crippen molar-refractivity contribution in [2.75, 3.05) is 11.9 Å². The van der Waals surface area contributed by atoms with Crippen molar-refractivity contribution in [1.82, 2.24) is 0 Å². The van der Waals surface area contributed by atoms with Gasteiger partial charge in [-0.2, -0.15) is 13.2 Å². The van der Waals surface area contributed by atoms with Crippen molar-refractivity contribution in [2.45, 2.75) is 25.9 Å². The number of aryl methyl sites for hydroxylation is 1. The van der Waals surface area contributed by atoms with Gasteiger partial charge >= 0.3 is 18.1 Å². The zero-order chi connectivity index (χ0) is 15.2. The summed E-state index contributed by atoms with van der Waals surface area (Å²) in [6.07, 6.45) is -4.47. The van der Waals surface area contributed by atoms with Crippen LogP contribution in [0.2, 0.25) is 0 Å². The molecular weight excluding hydrogens is 275 g/mol. The summed E-state index contributed by atoms with van der Waals surface area (Å²) in [4.78, 5) is 22.0. The maximum absolute atomic E-state index is 12.1. The Kier molecular flexibility index (Phi) is 5.54. The molecule has 4 nitrogen and oxygen atoms in total. The number of alkyl halides is 3. The van der Waals surface area contributed by atoms with Gasteiger partial charge in [0.25, 0.3) is 0 Å². The van der Waals surface area contributed by atoms with Gasteiger partial charge in [-0.25, -0.2) is 0 Å². The molecule has 0 atom stereocenters. The van der Waals surface area contributed by atoms with Gasteiger partial charge in [0.2, 0.25) is 0 Å². The van der Waals surface area contributed by atoms with Crippen molar-refractivity contribution in [1.29, 1.82) is 0 Å². The lowest BCUT2D eigenvalue weighted by Gasteiger charge is -2.09. The molecule has 0 radical (unpaired) electrons. The van der Waals surface area contributed by atoms with Crippen LogP contribution in [-0.4, -0.2) is 24.7 Å². The Morgan fingerprint density at radius 1 is 1.30 bits per heavy atom. The number of halogens is 3. The zero-order valence-electron chi connectivity index (χ0n) is 10.8. The number of amides is 1. The van der Waals surface area contributed by atoms with E-state index in [0.29, 0.717) is 12.0 Å². The maximum atomic E-state index is 12.1. The molecule has 1 N–H and O–H groups in total. The number of anilines is 1. The summed E-state index contributed by atoms with van der Waals surface area (Å²) in [5.74, 6) is -2.41. The van der Waals surface area contributed by atoms with E-state index >= 15 is 0 Å². The maximum Gasteiger partial charge on any atom is 0.471 e. The van der Waals surface area contributed by atoms with Crippen molar-refractivity contribution < 1.29 is 27.5 Å². The number of ether oxygens (including phenoxy) is 1. The van der Waals surface area contributed by atoms with E-state index in [1.54, 1.807) is 18.3 Å². The quantitative estimate of drug-likeness (QED) is 0.848. The standard InChI is InChI=1S/C13H14F3NO3/c1-2-20-11(18)7-6-9-4-3-5-10(8-9)17-12(19)13(14,15)16/h3-5,8H,2,6-7H2,1H3,(H,17,19). The second-order valence-corrected chi connectivity index (χ2v) is 3.96. The normalized spacial score (nSPS) is 11.0. The number of rotatable bonds is 5. The zero-order valence-corrected chi connectivity index (χ0v) is 10.8. The van der Waals surface area contributed by atoms with Crippen molar-refractivity contribution in [3.05, 3.63) is 29.8 Å². The van der Waals surface area contributed by atoms with E-state index in [2.05, 4.69) is 0 Å². The molecule has 1 amide bonds. The molecule has 110 valence electrons.